The number of rotatable bonds is 4. The van der Waals surface area contributed by atoms with Gasteiger partial charge in [-0.25, -0.2) is 4.39 Å². The maximum Gasteiger partial charge on any atom is 0.150 e. The van der Waals surface area contributed by atoms with Crippen molar-refractivity contribution >= 4 is 39.2 Å². The Hall–Kier alpha value is -1.20. The van der Waals surface area contributed by atoms with E-state index >= 15 is 0 Å². The number of carbonyl (C=O) groups excluding carboxylic acids is 1. The molecule has 94 valence electrons. The lowest BCUT2D eigenvalue weighted by Gasteiger charge is -2.19. The number of benzene rings is 1. The minimum atomic E-state index is -0.378. The summed E-state index contributed by atoms with van der Waals surface area (Å²) in [7, 11) is 1.82. The van der Waals surface area contributed by atoms with Crippen LogP contribution in [-0.2, 0) is 6.54 Å². The van der Waals surface area contributed by atoms with Crippen LogP contribution in [0.1, 0.15) is 15.9 Å². The van der Waals surface area contributed by atoms with E-state index in [9.17, 15) is 9.18 Å². The standard InChI is InChI=1S/C13H11BrFNOS/c1-16(6-10-5-13(14)18-8-10)12-3-2-9(7-17)4-11(12)15/h2-5,7-8H,6H2,1H3. The fourth-order valence-corrected chi connectivity index (χ4v) is 2.89. The first kappa shape index (κ1) is 13.2. The highest BCUT2D eigenvalue weighted by molar-refractivity contribution is 9.11. The molecule has 0 aliphatic heterocycles. The van der Waals surface area contributed by atoms with Gasteiger partial charge in [-0.15, -0.1) is 11.3 Å². The van der Waals surface area contributed by atoms with Crippen molar-refractivity contribution in [3.05, 3.63) is 50.4 Å². The fourth-order valence-electron chi connectivity index (χ4n) is 1.69. The zero-order valence-electron chi connectivity index (χ0n) is 9.69. The Bertz CT molecular complexity index is 570. The Labute approximate surface area is 117 Å². The molecule has 0 atom stereocenters. The van der Waals surface area contributed by atoms with Crippen LogP contribution in [0.15, 0.2) is 33.4 Å². The van der Waals surface area contributed by atoms with Crippen LogP contribution in [0, 0.1) is 5.82 Å². The average Bonchev–Trinajstić information content (AvgIpc) is 2.74. The highest BCUT2D eigenvalue weighted by atomic mass is 79.9. The first-order valence-corrected chi connectivity index (χ1v) is 6.96. The van der Waals surface area contributed by atoms with Crippen LogP contribution in [0.2, 0.25) is 0 Å². The summed E-state index contributed by atoms with van der Waals surface area (Å²) in [5.41, 5.74) is 1.96. The Morgan fingerprint density at radius 2 is 2.22 bits per heavy atom. The monoisotopic (exact) mass is 327 g/mol. The van der Waals surface area contributed by atoms with Crippen molar-refractivity contribution in [1.82, 2.24) is 0 Å². The van der Waals surface area contributed by atoms with E-state index in [1.807, 2.05) is 23.4 Å². The van der Waals surface area contributed by atoms with Crippen molar-refractivity contribution in [1.29, 1.82) is 0 Å². The quantitative estimate of drug-likeness (QED) is 0.788. The van der Waals surface area contributed by atoms with E-state index in [-0.39, 0.29) is 5.82 Å². The van der Waals surface area contributed by atoms with Gasteiger partial charge in [-0.1, -0.05) is 0 Å². The van der Waals surface area contributed by atoms with Gasteiger partial charge in [-0.2, -0.15) is 0 Å². The third-order valence-corrected chi connectivity index (χ3v) is 4.11. The maximum atomic E-state index is 13.8. The summed E-state index contributed by atoms with van der Waals surface area (Å²) in [6.07, 6.45) is 0.642. The average molecular weight is 328 g/mol. The predicted octanol–water partition coefficient (Wildman–Crippen LogP) is 4.10. The summed E-state index contributed by atoms with van der Waals surface area (Å²) in [4.78, 5) is 12.4. The molecular formula is C13H11BrFNOS. The summed E-state index contributed by atoms with van der Waals surface area (Å²) >= 11 is 5.00. The number of anilines is 1. The first-order chi connectivity index (χ1) is 8.60. The lowest BCUT2D eigenvalue weighted by atomic mass is 10.2. The van der Waals surface area contributed by atoms with Crippen molar-refractivity contribution in [2.45, 2.75) is 6.54 Å². The van der Waals surface area contributed by atoms with Crippen LogP contribution >= 0.6 is 27.3 Å². The van der Waals surface area contributed by atoms with Gasteiger partial charge in [0.2, 0.25) is 0 Å². The second-order valence-corrected chi connectivity index (χ2v) is 6.23. The van der Waals surface area contributed by atoms with Crippen LogP contribution in [0.3, 0.4) is 0 Å². The van der Waals surface area contributed by atoms with Crippen LogP contribution in [0.5, 0.6) is 0 Å². The zero-order valence-corrected chi connectivity index (χ0v) is 12.1. The number of nitrogens with zero attached hydrogens (tertiary/aromatic N) is 1. The minimum Gasteiger partial charge on any atom is -0.368 e. The maximum absolute atomic E-state index is 13.8. The number of hydrogen-bond acceptors (Lipinski definition) is 3. The summed E-state index contributed by atoms with van der Waals surface area (Å²) in [5.74, 6) is -0.378. The molecule has 0 radical (unpaired) electrons. The number of aldehydes is 1. The van der Waals surface area contributed by atoms with Gasteiger partial charge in [0.25, 0.3) is 0 Å². The van der Waals surface area contributed by atoms with E-state index in [1.165, 1.54) is 6.07 Å². The van der Waals surface area contributed by atoms with Crippen molar-refractivity contribution in [2.75, 3.05) is 11.9 Å². The second-order valence-electron chi connectivity index (χ2n) is 3.94. The number of thiophene rings is 1. The normalized spacial score (nSPS) is 10.4. The molecule has 0 saturated heterocycles. The highest BCUT2D eigenvalue weighted by Crippen LogP contribution is 2.25. The number of hydrogen-bond donors (Lipinski definition) is 0. The molecular weight excluding hydrogens is 317 g/mol. The summed E-state index contributed by atoms with van der Waals surface area (Å²) in [6, 6.07) is 6.51. The molecule has 1 aromatic carbocycles. The van der Waals surface area contributed by atoms with Gasteiger partial charge in [0.05, 0.1) is 9.47 Å². The highest BCUT2D eigenvalue weighted by Gasteiger charge is 2.09. The Balaban J connectivity index is 2.18. The predicted molar refractivity (Wildman–Crippen MR) is 75.9 cm³/mol. The Morgan fingerprint density at radius 3 is 2.78 bits per heavy atom. The molecule has 2 nitrogen and oxygen atoms in total. The summed E-state index contributed by atoms with van der Waals surface area (Å²) in [6.45, 7) is 0.624. The summed E-state index contributed by atoms with van der Waals surface area (Å²) < 4.78 is 14.8. The van der Waals surface area contributed by atoms with Crippen LogP contribution in [0.4, 0.5) is 10.1 Å². The Morgan fingerprint density at radius 1 is 1.44 bits per heavy atom. The van der Waals surface area contributed by atoms with Crippen molar-refractivity contribution < 1.29 is 9.18 Å². The lowest BCUT2D eigenvalue weighted by Crippen LogP contribution is -2.17. The molecule has 2 rings (SSSR count). The molecule has 0 aliphatic rings. The van der Waals surface area contributed by atoms with Gasteiger partial charge < -0.3 is 4.90 Å². The van der Waals surface area contributed by atoms with E-state index in [0.717, 1.165) is 9.35 Å². The lowest BCUT2D eigenvalue weighted by molar-refractivity contribution is 0.112. The number of halogens is 2. The molecule has 1 aromatic heterocycles. The molecule has 2 aromatic rings. The van der Waals surface area contributed by atoms with Gasteiger partial charge in [-0.05, 0) is 51.1 Å². The molecule has 0 saturated carbocycles. The second kappa shape index (κ2) is 5.63. The smallest absolute Gasteiger partial charge is 0.150 e. The molecule has 0 aliphatic carbocycles. The molecule has 1 heterocycles. The molecule has 0 bridgehead atoms. The first-order valence-electron chi connectivity index (χ1n) is 5.29. The van der Waals surface area contributed by atoms with Gasteiger partial charge in [-0.3, -0.25) is 4.79 Å². The fraction of sp³-hybridized carbons (Fsp3) is 0.154. The molecule has 0 unspecified atom stereocenters. The summed E-state index contributed by atoms with van der Waals surface area (Å²) in [5, 5.41) is 2.03. The van der Waals surface area contributed by atoms with Gasteiger partial charge in [0.15, 0.2) is 0 Å². The molecule has 0 amide bonds. The third-order valence-electron chi connectivity index (χ3n) is 2.56. The van der Waals surface area contributed by atoms with E-state index < -0.39 is 0 Å². The Kier molecular flexibility index (Phi) is 4.14. The van der Waals surface area contributed by atoms with Crippen LogP contribution in [-0.4, -0.2) is 13.3 Å². The van der Waals surface area contributed by atoms with Gasteiger partial charge in [0.1, 0.15) is 12.1 Å². The third kappa shape index (κ3) is 2.97. The van der Waals surface area contributed by atoms with Crippen molar-refractivity contribution in [3.8, 4) is 0 Å². The van der Waals surface area contributed by atoms with Crippen LogP contribution < -0.4 is 4.90 Å². The van der Waals surface area contributed by atoms with Gasteiger partial charge in [0, 0.05) is 19.2 Å². The molecule has 0 fully saturated rings. The van der Waals surface area contributed by atoms with E-state index in [0.29, 0.717) is 24.1 Å². The SMILES string of the molecule is CN(Cc1csc(Br)c1)c1ccc(C=O)cc1F. The number of carbonyl (C=O) groups is 1. The topological polar surface area (TPSA) is 20.3 Å². The molecule has 0 N–H and O–H groups in total. The van der Waals surface area contributed by atoms with E-state index in [4.69, 9.17) is 0 Å². The van der Waals surface area contributed by atoms with E-state index in [1.54, 1.807) is 23.5 Å². The van der Waals surface area contributed by atoms with Crippen LogP contribution in [0.25, 0.3) is 0 Å². The van der Waals surface area contributed by atoms with E-state index in [2.05, 4.69) is 15.9 Å². The molecule has 18 heavy (non-hydrogen) atoms. The minimum absolute atomic E-state index is 0.350. The van der Waals surface area contributed by atoms with Crippen molar-refractivity contribution in [3.63, 3.8) is 0 Å². The van der Waals surface area contributed by atoms with Gasteiger partial charge >= 0.3 is 0 Å². The van der Waals surface area contributed by atoms with Crippen molar-refractivity contribution in [2.24, 2.45) is 0 Å². The molecule has 5 heteroatoms. The molecule has 0 spiro atoms. The largest absolute Gasteiger partial charge is 0.368 e. The zero-order chi connectivity index (χ0) is 13.1.